The van der Waals surface area contributed by atoms with Crippen LogP contribution in [0.1, 0.15) is 44.5 Å². The van der Waals surface area contributed by atoms with E-state index in [9.17, 15) is 0 Å². The van der Waals surface area contributed by atoms with Gasteiger partial charge in [-0.15, -0.1) is 11.8 Å². The van der Waals surface area contributed by atoms with Gasteiger partial charge in [0.1, 0.15) is 16.7 Å². The fraction of sp³-hybridized carbons (Fsp3) is 0.692. The summed E-state index contributed by atoms with van der Waals surface area (Å²) in [7, 11) is 1.92. The zero-order valence-electron chi connectivity index (χ0n) is 11.3. The second-order valence-corrected chi connectivity index (χ2v) is 5.16. The highest BCUT2D eigenvalue weighted by Crippen LogP contribution is 2.25. The van der Waals surface area contributed by atoms with Crippen molar-refractivity contribution in [3.8, 4) is 0 Å². The quantitative estimate of drug-likeness (QED) is 0.457. The van der Waals surface area contributed by atoms with Gasteiger partial charge < -0.3 is 5.32 Å². The molecule has 0 atom stereocenters. The maximum atomic E-state index is 4.61. The van der Waals surface area contributed by atoms with E-state index in [0.29, 0.717) is 0 Å². The van der Waals surface area contributed by atoms with Gasteiger partial charge in [0.25, 0.3) is 0 Å². The Kier molecular flexibility index (Phi) is 6.34. The van der Waals surface area contributed by atoms with Gasteiger partial charge >= 0.3 is 0 Å². The van der Waals surface area contributed by atoms with E-state index in [4.69, 9.17) is 0 Å². The van der Waals surface area contributed by atoms with Crippen LogP contribution in [-0.2, 0) is 6.42 Å². The van der Waals surface area contributed by atoms with E-state index in [-0.39, 0.29) is 0 Å². The summed E-state index contributed by atoms with van der Waals surface area (Å²) in [6, 6.07) is 0. The van der Waals surface area contributed by atoms with Gasteiger partial charge in [0.2, 0.25) is 0 Å². The van der Waals surface area contributed by atoms with E-state index >= 15 is 0 Å². The molecule has 1 aromatic rings. The van der Waals surface area contributed by atoms with Crippen molar-refractivity contribution in [1.29, 1.82) is 0 Å². The smallest absolute Gasteiger partial charge is 0.133 e. The van der Waals surface area contributed by atoms with Crippen LogP contribution < -0.4 is 5.32 Å². The summed E-state index contributed by atoms with van der Waals surface area (Å²) < 4.78 is 0. The lowest BCUT2D eigenvalue weighted by atomic mass is 10.3. The molecule has 4 heteroatoms. The highest BCUT2D eigenvalue weighted by Gasteiger charge is 2.09. The molecule has 0 aliphatic carbocycles. The average molecular weight is 253 g/mol. The summed E-state index contributed by atoms with van der Waals surface area (Å²) in [5.41, 5.74) is 1.17. The molecule has 0 bridgehead atoms. The molecule has 3 nitrogen and oxygen atoms in total. The molecule has 0 radical (unpaired) electrons. The molecule has 0 amide bonds. The van der Waals surface area contributed by atoms with Gasteiger partial charge in [-0.3, -0.25) is 0 Å². The van der Waals surface area contributed by atoms with E-state index in [1.54, 1.807) is 0 Å². The lowest BCUT2D eigenvalue weighted by Gasteiger charge is -2.11. The number of rotatable bonds is 7. The molecule has 0 spiro atoms. The molecular formula is C13H23N3S. The predicted octanol–water partition coefficient (Wildman–Crippen LogP) is 3.67. The van der Waals surface area contributed by atoms with Crippen molar-refractivity contribution in [2.45, 2.75) is 51.5 Å². The van der Waals surface area contributed by atoms with Gasteiger partial charge in [0.05, 0.1) is 0 Å². The molecule has 0 aliphatic heterocycles. The first-order valence-electron chi connectivity index (χ1n) is 6.40. The van der Waals surface area contributed by atoms with Crippen LogP contribution in [-0.4, -0.2) is 22.8 Å². The van der Waals surface area contributed by atoms with Gasteiger partial charge in [-0.25, -0.2) is 9.97 Å². The molecule has 0 aliphatic rings. The van der Waals surface area contributed by atoms with E-state index < -0.39 is 0 Å². The number of nitrogens with zero attached hydrogens (tertiary/aromatic N) is 2. The third kappa shape index (κ3) is 4.19. The van der Waals surface area contributed by atoms with Crippen LogP contribution in [0.25, 0.3) is 0 Å². The molecule has 1 rings (SSSR count). The van der Waals surface area contributed by atoms with Gasteiger partial charge in [0, 0.05) is 19.0 Å². The molecule has 0 aromatic carbocycles. The van der Waals surface area contributed by atoms with Crippen LogP contribution in [0.4, 0.5) is 5.82 Å². The Bertz CT molecular complexity index is 353. The monoisotopic (exact) mass is 253 g/mol. The third-order valence-corrected chi connectivity index (χ3v) is 3.85. The Balaban J connectivity index is 2.75. The van der Waals surface area contributed by atoms with Crippen LogP contribution in [0.3, 0.4) is 0 Å². The fourth-order valence-electron chi connectivity index (χ4n) is 1.60. The minimum Gasteiger partial charge on any atom is -0.373 e. The first kappa shape index (κ1) is 14.3. The van der Waals surface area contributed by atoms with Gasteiger partial charge in [-0.2, -0.15) is 0 Å². The van der Waals surface area contributed by atoms with Crippen molar-refractivity contribution >= 4 is 17.6 Å². The van der Waals surface area contributed by atoms with Crippen molar-refractivity contribution in [2.75, 3.05) is 18.1 Å². The zero-order valence-corrected chi connectivity index (χ0v) is 12.2. The van der Waals surface area contributed by atoms with Gasteiger partial charge in [-0.05, 0) is 19.1 Å². The standard InChI is InChI=1S/C13H23N3S/c1-5-7-8-9-17-13-10(3)12(14-4)15-11(6-2)16-13/h5-9H2,1-4H3,(H,14,15,16). The van der Waals surface area contributed by atoms with Crippen molar-refractivity contribution < 1.29 is 0 Å². The highest BCUT2D eigenvalue weighted by molar-refractivity contribution is 7.99. The SMILES string of the molecule is CCCCCSc1nc(CC)nc(NC)c1C. The number of anilines is 1. The summed E-state index contributed by atoms with van der Waals surface area (Å²) in [6.45, 7) is 6.41. The topological polar surface area (TPSA) is 37.8 Å². The zero-order chi connectivity index (χ0) is 12.7. The molecule has 0 saturated heterocycles. The largest absolute Gasteiger partial charge is 0.373 e. The van der Waals surface area contributed by atoms with Crippen molar-refractivity contribution in [3.63, 3.8) is 0 Å². The van der Waals surface area contributed by atoms with Crippen molar-refractivity contribution in [1.82, 2.24) is 9.97 Å². The first-order valence-corrected chi connectivity index (χ1v) is 7.39. The summed E-state index contributed by atoms with van der Waals surface area (Å²) in [5.74, 6) is 3.05. The first-order chi connectivity index (χ1) is 8.22. The van der Waals surface area contributed by atoms with Crippen molar-refractivity contribution in [3.05, 3.63) is 11.4 Å². The molecule has 96 valence electrons. The van der Waals surface area contributed by atoms with Crippen LogP contribution in [0, 0.1) is 6.92 Å². The molecule has 0 saturated carbocycles. The van der Waals surface area contributed by atoms with E-state index in [1.807, 2.05) is 18.8 Å². The lowest BCUT2D eigenvalue weighted by Crippen LogP contribution is -2.04. The number of aryl methyl sites for hydroxylation is 1. The summed E-state index contributed by atoms with van der Waals surface area (Å²) in [4.78, 5) is 9.09. The Hall–Kier alpha value is -0.770. The molecule has 17 heavy (non-hydrogen) atoms. The molecule has 0 unspecified atom stereocenters. The number of aromatic nitrogens is 2. The predicted molar refractivity (Wildman–Crippen MR) is 75.9 cm³/mol. The Morgan fingerprint density at radius 3 is 2.53 bits per heavy atom. The highest BCUT2D eigenvalue weighted by atomic mass is 32.2. The lowest BCUT2D eigenvalue weighted by molar-refractivity contribution is 0.777. The van der Waals surface area contributed by atoms with Crippen LogP contribution >= 0.6 is 11.8 Å². The van der Waals surface area contributed by atoms with E-state index in [0.717, 1.165) is 28.8 Å². The Labute approximate surface area is 109 Å². The van der Waals surface area contributed by atoms with Crippen LogP contribution in [0.15, 0.2) is 5.03 Å². The second kappa shape index (κ2) is 7.54. The molecular weight excluding hydrogens is 230 g/mol. The average Bonchev–Trinajstić information content (AvgIpc) is 2.36. The number of nitrogens with one attached hydrogen (secondary N) is 1. The Morgan fingerprint density at radius 2 is 1.94 bits per heavy atom. The van der Waals surface area contributed by atoms with Gasteiger partial charge in [0.15, 0.2) is 0 Å². The molecule has 1 heterocycles. The normalized spacial score (nSPS) is 10.6. The number of thioether (sulfide) groups is 1. The minimum absolute atomic E-state index is 0.886. The van der Waals surface area contributed by atoms with Crippen LogP contribution in [0.2, 0.25) is 0 Å². The third-order valence-electron chi connectivity index (χ3n) is 2.69. The minimum atomic E-state index is 0.886. The Morgan fingerprint density at radius 1 is 1.18 bits per heavy atom. The van der Waals surface area contributed by atoms with E-state index in [1.165, 1.54) is 24.8 Å². The second-order valence-electron chi connectivity index (χ2n) is 4.08. The molecule has 1 aromatic heterocycles. The summed E-state index contributed by atoms with van der Waals surface area (Å²) >= 11 is 1.85. The van der Waals surface area contributed by atoms with Gasteiger partial charge in [-0.1, -0.05) is 26.7 Å². The number of hydrogen-bond donors (Lipinski definition) is 1. The number of unbranched alkanes of at least 4 members (excludes halogenated alkanes) is 2. The molecule has 1 N–H and O–H groups in total. The van der Waals surface area contributed by atoms with Crippen molar-refractivity contribution in [2.24, 2.45) is 0 Å². The summed E-state index contributed by atoms with van der Waals surface area (Å²) in [5, 5.41) is 4.28. The fourth-order valence-corrected chi connectivity index (χ4v) is 2.63. The van der Waals surface area contributed by atoms with E-state index in [2.05, 4.69) is 36.1 Å². The maximum absolute atomic E-state index is 4.61. The molecule has 0 fully saturated rings. The maximum Gasteiger partial charge on any atom is 0.133 e. The summed E-state index contributed by atoms with van der Waals surface area (Å²) in [6.07, 6.45) is 4.72. The van der Waals surface area contributed by atoms with Crippen LogP contribution in [0.5, 0.6) is 0 Å². The number of hydrogen-bond acceptors (Lipinski definition) is 4.